The van der Waals surface area contributed by atoms with Crippen molar-refractivity contribution in [1.29, 1.82) is 0 Å². The number of pyridine rings is 1. The van der Waals surface area contributed by atoms with Crippen LogP contribution < -0.4 is 0 Å². The maximum absolute atomic E-state index is 10.9. The normalized spacial score (nSPS) is 10.4. The molecule has 0 aliphatic carbocycles. The van der Waals surface area contributed by atoms with E-state index < -0.39 is 10.9 Å². The molecular weight excluding hydrogens is 340 g/mol. The highest BCUT2D eigenvalue weighted by Gasteiger charge is 2.19. The van der Waals surface area contributed by atoms with Crippen LogP contribution in [0.1, 0.15) is 10.6 Å². The van der Waals surface area contributed by atoms with Gasteiger partial charge in [0.2, 0.25) is 5.76 Å². The summed E-state index contributed by atoms with van der Waals surface area (Å²) in [5.41, 5.74) is -0.187. The third-order valence-corrected chi connectivity index (χ3v) is 3.35. The minimum Gasteiger partial charge on any atom is -0.475 e. The van der Waals surface area contributed by atoms with E-state index in [9.17, 15) is 14.9 Å². The topological polar surface area (TPSA) is 106 Å². The molecule has 0 spiro atoms. The highest BCUT2D eigenvalue weighted by atomic mass is 79.9. The van der Waals surface area contributed by atoms with E-state index in [2.05, 4.69) is 20.9 Å². The smallest absolute Gasteiger partial charge is 0.371 e. The maximum Gasteiger partial charge on any atom is 0.371 e. The number of hydrogen-bond donors (Lipinski definition) is 1. The molecule has 19 heavy (non-hydrogen) atoms. The van der Waals surface area contributed by atoms with Gasteiger partial charge in [-0.05, 0) is 39.8 Å². The molecule has 0 aliphatic rings. The van der Waals surface area contributed by atoms with Crippen molar-refractivity contribution in [2.45, 2.75) is 10.1 Å². The fourth-order valence-electron chi connectivity index (χ4n) is 1.21. The number of carboxylic acid groups (broad SMARTS) is 1. The number of aromatic carboxylic acids is 1. The van der Waals surface area contributed by atoms with Gasteiger partial charge in [-0.3, -0.25) is 10.1 Å². The molecule has 0 radical (unpaired) electrons. The van der Waals surface area contributed by atoms with Crippen LogP contribution in [-0.4, -0.2) is 21.0 Å². The molecule has 1 N–H and O–H groups in total. The summed E-state index contributed by atoms with van der Waals surface area (Å²) in [4.78, 5) is 24.9. The Bertz CT molecular complexity index is 657. The van der Waals surface area contributed by atoms with Crippen LogP contribution in [0.3, 0.4) is 0 Å². The van der Waals surface area contributed by atoms with Crippen LogP contribution in [-0.2, 0) is 0 Å². The van der Waals surface area contributed by atoms with Crippen molar-refractivity contribution in [3.63, 3.8) is 0 Å². The van der Waals surface area contributed by atoms with E-state index in [4.69, 9.17) is 9.52 Å². The Hall–Kier alpha value is -1.87. The van der Waals surface area contributed by atoms with Crippen LogP contribution in [0.15, 0.2) is 43.4 Å². The largest absolute Gasteiger partial charge is 0.475 e. The zero-order valence-electron chi connectivity index (χ0n) is 9.07. The summed E-state index contributed by atoms with van der Waals surface area (Å²) in [6.45, 7) is 0. The quantitative estimate of drug-likeness (QED) is 0.670. The Morgan fingerprint density at radius 1 is 1.53 bits per heavy atom. The van der Waals surface area contributed by atoms with Gasteiger partial charge in [0.25, 0.3) is 0 Å². The summed E-state index contributed by atoms with van der Waals surface area (Å²) in [5.74, 6) is -1.44. The van der Waals surface area contributed by atoms with Crippen LogP contribution in [0.5, 0.6) is 0 Å². The van der Waals surface area contributed by atoms with Crippen molar-refractivity contribution in [2.24, 2.45) is 0 Å². The lowest BCUT2D eigenvalue weighted by Gasteiger charge is -1.99. The summed E-state index contributed by atoms with van der Waals surface area (Å²) >= 11 is 3.98. The lowest BCUT2D eigenvalue weighted by Crippen LogP contribution is -1.93. The predicted octanol–water partition coefficient (Wildman–Crippen LogP) is 3.19. The number of furan rings is 1. The molecule has 0 fully saturated rings. The van der Waals surface area contributed by atoms with Crippen LogP contribution in [0.2, 0.25) is 0 Å². The van der Waals surface area contributed by atoms with E-state index >= 15 is 0 Å². The molecule has 0 aromatic carbocycles. The summed E-state index contributed by atoms with van der Waals surface area (Å²) in [7, 11) is 0. The Morgan fingerprint density at radius 3 is 2.84 bits per heavy atom. The van der Waals surface area contributed by atoms with Gasteiger partial charge < -0.3 is 9.52 Å². The van der Waals surface area contributed by atoms with E-state index in [0.29, 0.717) is 4.47 Å². The van der Waals surface area contributed by atoms with Gasteiger partial charge in [0.1, 0.15) is 0 Å². The molecule has 2 heterocycles. The maximum atomic E-state index is 10.9. The van der Waals surface area contributed by atoms with Crippen molar-refractivity contribution < 1.29 is 19.2 Å². The van der Waals surface area contributed by atoms with E-state index in [1.807, 2.05) is 0 Å². The first kappa shape index (κ1) is 13.6. The second-order valence-corrected chi connectivity index (χ2v) is 5.17. The summed E-state index contributed by atoms with van der Waals surface area (Å²) < 4.78 is 5.48. The zero-order chi connectivity index (χ0) is 14.0. The zero-order valence-corrected chi connectivity index (χ0v) is 11.5. The number of hydrogen-bond acceptors (Lipinski definition) is 6. The van der Waals surface area contributed by atoms with Crippen molar-refractivity contribution >= 4 is 39.3 Å². The summed E-state index contributed by atoms with van der Waals surface area (Å²) in [6.07, 6.45) is 1.41. The average molecular weight is 345 g/mol. The molecule has 2 rings (SSSR count). The van der Waals surface area contributed by atoms with E-state index in [1.165, 1.54) is 24.4 Å². The molecule has 7 nitrogen and oxygen atoms in total. The van der Waals surface area contributed by atoms with Gasteiger partial charge in [0.05, 0.1) is 4.92 Å². The lowest BCUT2D eigenvalue weighted by atomic mass is 10.4. The van der Waals surface area contributed by atoms with Gasteiger partial charge in [0.15, 0.2) is 10.1 Å². The van der Waals surface area contributed by atoms with E-state index in [0.717, 1.165) is 11.8 Å². The number of nitrogens with zero attached hydrogens (tertiary/aromatic N) is 2. The third kappa shape index (κ3) is 3.12. The molecule has 98 valence electrons. The van der Waals surface area contributed by atoms with Gasteiger partial charge in [-0.2, -0.15) is 0 Å². The molecule has 0 atom stereocenters. The van der Waals surface area contributed by atoms with Gasteiger partial charge in [0, 0.05) is 16.7 Å². The standard InChI is InChI=1S/C10H5BrN2O5S/c11-5-3-6(13(16)17)9(12-4-5)19-8-2-1-7(18-8)10(14)15/h1-4H,(H,14,15). The van der Waals surface area contributed by atoms with Crippen LogP contribution in [0.4, 0.5) is 5.69 Å². The van der Waals surface area contributed by atoms with Crippen molar-refractivity contribution in [2.75, 3.05) is 0 Å². The van der Waals surface area contributed by atoms with Crippen molar-refractivity contribution in [3.8, 4) is 0 Å². The van der Waals surface area contributed by atoms with E-state index in [1.54, 1.807) is 0 Å². The lowest BCUT2D eigenvalue weighted by molar-refractivity contribution is -0.388. The Morgan fingerprint density at radius 2 is 2.26 bits per heavy atom. The molecule has 0 amide bonds. The summed E-state index contributed by atoms with van der Waals surface area (Å²) in [5, 5.41) is 19.9. The van der Waals surface area contributed by atoms with Crippen molar-refractivity contribution in [1.82, 2.24) is 4.98 Å². The van der Waals surface area contributed by atoms with Crippen molar-refractivity contribution in [3.05, 3.63) is 44.7 Å². The molecule has 0 saturated carbocycles. The SMILES string of the molecule is O=C(O)c1ccc(Sc2ncc(Br)cc2[N+](=O)[O-])o1. The number of carbonyl (C=O) groups is 1. The minimum atomic E-state index is -1.20. The minimum absolute atomic E-state index is 0.125. The van der Waals surface area contributed by atoms with Gasteiger partial charge in [-0.15, -0.1) is 0 Å². The average Bonchev–Trinajstić information content (AvgIpc) is 2.80. The molecule has 9 heteroatoms. The molecular formula is C10H5BrN2O5S. The highest BCUT2D eigenvalue weighted by molar-refractivity contribution is 9.10. The molecule has 0 aliphatic heterocycles. The Labute approximate surface area is 118 Å². The number of rotatable bonds is 4. The molecule has 0 saturated heterocycles. The first-order valence-corrected chi connectivity index (χ1v) is 6.39. The van der Waals surface area contributed by atoms with Crippen LogP contribution in [0, 0.1) is 10.1 Å². The monoisotopic (exact) mass is 344 g/mol. The molecule has 0 bridgehead atoms. The number of nitro groups is 1. The number of aromatic nitrogens is 1. The van der Waals surface area contributed by atoms with Crippen LogP contribution >= 0.6 is 27.7 Å². The molecule has 2 aromatic rings. The number of halogens is 1. The molecule has 2 aromatic heterocycles. The van der Waals surface area contributed by atoms with Gasteiger partial charge in [-0.1, -0.05) is 0 Å². The fraction of sp³-hybridized carbons (Fsp3) is 0. The Balaban J connectivity index is 2.32. The second-order valence-electron chi connectivity index (χ2n) is 3.26. The third-order valence-electron chi connectivity index (χ3n) is 1.98. The number of carboxylic acids is 1. The Kier molecular flexibility index (Phi) is 3.86. The highest BCUT2D eigenvalue weighted by Crippen LogP contribution is 2.35. The van der Waals surface area contributed by atoms with Gasteiger partial charge >= 0.3 is 11.7 Å². The first-order valence-electron chi connectivity index (χ1n) is 4.78. The predicted molar refractivity (Wildman–Crippen MR) is 68.4 cm³/mol. The first-order chi connectivity index (χ1) is 8.97. The summed E-state index contributed by atoms with van der Waals surface area (Å²) in [6, 6.07) is 4.01. The van der Waals surface area contributed by atoms with Gasteiger partial charge in [-0.25, -0.2) is 9.78 Å². The van der Waals surface area contributed by atoms with E-state index in [-0.39, 0.29) is 21.6 Å². The second kappa shape index (κ2) is 5.41. The van der Waals surface area contributed by atoms with Crippen LogP contribution in [0.25, 0.3) is 0 Å². The fourth-order valence-corrected chi connectivity index (χ4v) is 2.33. The molecule has 0 unspecified atom stereocenters.